The molecule has 2 aliphatic rings. The number of ether oxygens (including phenoxy) is 1. The predicted octanol–water partition coefficient (Wildman–Crippen LogP) is 2.40. The number of nitrogens with zero attached hydrogens (tertiary/aromatic N) is 2. The quantitative estimate of drug-likeness (QED) is 0.847. The summed E-state index contributed by atoms with van der Waals surface area (Å²) in [4.78, 5) is 28.9. The molecule has 4 rings (SSSR count). The monoisotopic (exact) mass is 393 g/mol. The molecule has 2 amide bonds. The van der Waals surface area contributed by atoms with E-state index in [0.717, 1.165) is 56.1 Å². The normalized spacial score (nSPS) is 17.6. The first-order valence-electron chi connectivity index (χ1n) is 10.2. The zero-order chi connectivity index (χ0) is 20.2. The van der Waals surface area contributed by atoms with E-state index in [0.29, 0.717) is 12.1 Å². The Morgan fingerprint density at radius 1 is 1.07 bits per heavy atom. The number of morpholine rings is 1. The minimum absolute atomic E-state index is 0.0376. The topological polar surface area (TPSA) is 61.9 Å². The smallest absolute Gasteiger partial charge is 0.251 e. The number of amides is 2. The SMILES string of the molecule is CC(=O)N1CCc2cc(C(=O)N[C@H](CN3CCOCC3)c3ccccc3)ccc21. The number of hydrogen-bond acceptors (Lipinski definition) is 4. The molecule has 6 nitrogen and oxygen atoms in total. The minimum Gasteiger partial charge on any atom is -0.379 e. The van der Waals surface area contributed by atoms with Crippen LogP contribution in [0.5, 0.6) is 0 Å². The Morgan fingerprint density at radius 3 is 2.55 bits per heavy atom. The van der Waals surface area contributed by atoms with Crippen LogP contribution in [0.25, 0.3) is 0 Å². The second-order valence-electron chi connectivity index (χ2n) is 7.61. The summed E-state index contributed by atoms with van der Waals surface area (Å²) in [5.41, 5.74) is 3.70. The van der Waals surface area contributed by atoms with Gasteiger partial charge in [0.1, 0.15) is 0 Å². The molecule has 1 atom stereocenters. The summed E-state index contributed by atoms with van der Waals surface area (Å²) in [6.07, 6.45) is 0.784. The van der Waals surface area contributed by atoms with Crippen LogP contribution in [0, 0.1) is 0 Å². The molecule has 2 aromatic carbocycles. The highest BCUT2D eigenvalue weighted by atomic mass is 16.5. The third-order valence-corrected chi connectivity index (χ3v) is 5.67. The lowest BCUT2D eigenvalue weighted by molar-refractivity contribution is -0.116. The van der Waals surface area contributed by atoms with Crippen LogP contribution in [-0.2, 0) is 16.0 Å². The number of benzene rings is 2. The van der Waals surface area contributed by atoms with E-state index < -0.39 is 0 Å². The third-order valence-electron chi connectivity index (χ3n) is 5.67. The van der Waals surface area contributed by atoms with Crippen molar-refractivity contribution in [3.8, 4) is 0 Å². The van der Waals surface area contributed by atoms with Gasteiger partial charge in [-0.05, 0) is 35.7 Å². The van der Waals surface area contributed by atoms with Gasteiger partial charge in [-0.25, -0.2) is 0 Å². The van der Waals surface area contributed by atoms with Crippen molar-refractivity contribution in [1.29, 1.82) is 0 Å². The molecule has 1 fully saturated rings. The fourth-order valence-corrected chi connectivity index (χ4v) is 4.07. The minimum atomic E-state index is -0.0937. The van der Waals surface area contributed by atoms with Gasteiger partial charge in [0.05, 0.1) is 19.3 Å². The van der Waals surface area contributed by atoms with Crippen LogP contribution in [0.1, 0.15) is 34.5 Å². The molecular formula is C23H27N3O3. The molecule has 2 aromatic rings. The molecule has 6 heteroatoms. The van der Waals surface area contributed by atoms with Crippen molar-refractivity contribution in [2.75, 3.05) is 44.3 Å². The molecule has 0 spiro atoms. The summed E-state index contributed by atoms with van der Waals surface area (Å²) in [5.74, 6) is -0.0493. The summed E-state index contributed by atoms with van der Waals surface area (Å²) in [7, 11) is 0. The van der Waals surface area contributed by atoms with Crippen LogP contribution < -0.4 is 10.2 Å². The van der Waals surface area contributed by atoms with Crippen molar-refractivity contribution >= 4 is 17.5 Å². The van der Waals surface area contributed by atoms with E-state index in [-0.39, 0.29) is 17.9 Å². The lowest BCUT2D eigenvalue weighted by Crippen LogP contribution is -2.43. The molecule has 0 bridgehead atoms. The average Bonchev–Trinajstić information content (AvgIpc) is 3.18. The molecule has 0 radical (unpaired) electrons. The zero-order valence-corrected chi connectivity index (χ0v) is 16.8. The van der Waals surface area contributed by atoms with Gasteiger partial charge in [-0.2, -0.15) is 0 Å². The van der Waals surface area contributed by atoms with Crippen molar-refractivity contribution in [2.45, 2.75) is 19.4 Å². The van der Waals surface area contributed by atoms with Crippen molar-refractivity contribution in [2.24, 2.45) is 0 Å². The second-order valence-corrected chi connectivity index (χ2v) is 7.61. The van der Waals surface area contributed by atoms with Gasteiger partial charge >= 0.3 is 0 Å². The van der Waals surface area contributed by atoms with Crippen LogP contribution in [0.2, 0.25) is 0 Å². The van der Waals surface area contributed by atoms with Gasteiger partial charge in [-0.1, -0.05) is 30.3 Å². The Labute approximate surface area is 171 Å². The molecule has 2 aliphatic heterocycles. The van der Waals surface area contributed by atoms with Gasteiger partial charge in [0, 0.05) is 44.4 Å². The van der Waals surface area contributed by atoms with E-state index in [1.54, 1.807) is 11.8 Å². The summed E-state index contributed by atoms with van der Waals surface area (Å²) >= 11 is 0. The second kappa shape index (κ2) is 8.76. The maximum absolute atomic E-state index is 13.1. The summed E-state index contributed by atoms with van der Waals surface area (Å²) in [5, 5.41) is 3.22. The van der Waals surface area contributed by atoms with Gasteiger partial charge in [-0.3, -0.25) is 14.5 Å². The van der Waals surface area contributed by atoms with Gasteiger partial charge in [-0.15, -0.1) is 0 Å². The van der Waals surface area contributed by atoms with Crippen LogP contribution in [0.15, 0.2) is 48.5 Å². The lowest BCUT2D eigenvalue weighted by Gasteiger charge is -2.31. The van der Waals surface area contributed by atoms with Crippen molar-refractivity contribution in [3.05, 3.63) is 65.2 Å². The van der Waals surface area contributed by atoms with E-state index in [1.807, 2.05) is 36.4 Å². The van der Waals surface area contributed by atoms with Crippen LogP contribution in [-0.4, -0.2) is 56.1 Å². The lowest BCUT2D eigenvalue weighted by atomic mass is 10.0. The van der Waals surface area contributed by atoms with Gasteiger partial charge in [0.2, 0.25) is 5.91 Å². The Hall–Kier alpha value is -2.70. The van der Waals surface area contributed by atoms with E-state index in [4.69, 9.17) is 4.74 Å². The first kappa shape index (κ1) is 19.6. The number of fused-ring (bicyclic) bond motifs is 1. The molecule has 1 saturated heterocycles. The van der Waals surface area contributed by atoms with Crippen LogP contribution >= 0.6 is 0 Å². The average molecular weight is 393 g/mol. The highest BCUT2D eigenvalue weighted by Gasteiger charge is 2.25. The maximum Gasteiger partial charge on any atom is 0.251 e. The molecule has 0 aromatic heterocycles. The molecular weight excluding hydrogens is 366 g/mol. The van der Waals surface area contributed by atoms with E-state index in [9.17, 15) is 9.59 Å². The molecule has 29 heavy (non-hydrogen) atoms. The Bertz CT molecular complexity index is 878. The Kier molecular flexibility index (Phi) is 5.92. The van der Waals surface area contributed by atoms with Crippen LogP contribution in [0.3, 0.4) is 0 Å². The van der Waals surface area contributed by atoms with E-state index >= 15 is 0 Å². The largest absolute Gasteiger partial charge is 0.379 e. The van der Waals surface area contributed by atoms with Gasteiger partial charge in [0.15, 0.2) is 0 Å². The highest BCUT2D eigenvalue weighted by Crippen LogP contribution is 2.29. The Morgan fingerprint density at radius 2 is 1.83 bits per heavy atom. The number of nitrogens with one attached hydrogen (secondary N) is 1. The highest BCUT2D eigenvalue weighted by molar-refractivity contribution is 5.98. The van der Waals surface area contributed by atoms with Crippen molar-refractivity contribution in [3.63, 3.8) is 0 Å². The maximum atomic E-state index is 13.1. The fraction of sp³-hybridized carbons (Fsp3) is 0.391. The first-order chi connectivity index (χ1) is 14.1. The molecule has 0 aliphatic carbocycles. The van der Waals surface area contributed by atoms with Crippen LogP contribution in [0.4, 0.5) is 5.69 Å². The molecule has 0 unspecified atom stereocenters. The number of hydrogen-bond donors (Lipinski definition) is 1. The number of carbonyl (C=O) groups excluding carboxylic acids is 2. The zero-order valence-electron chi connectivity index (χ0n) is 16.8. The van der Waals surface area contributed by atoms with Crippen molar-refractivity contribution in [1.82, 2.24) is 10.2 Å². The predicted molar refractivity (Wildman–Crippen MR) is 112 cm³/mol. The molecule has 152 valence electrons. The van der Waals surface area contributed by atoms with E-state index in [2.05, 4.69) is 22.3 Å². The Balaban J connectivity index is 1.51. The fourth-order valence-electron chi connectivity index (χ4n) is 4.07. The molecule has 2 heterocycles. The van der Waals surface area contributed by atoms with Gasteiger partial charge in [0.25, 0.3) is 5.91 Å². The van der Waals surface area contributed by atoms with Gasteiger partial charge < -0.3 is 15.0 Å². The number of rotatable bonds is 5. The third kappa shape index (κ3) is 4.49. The number of anilines is 1. The molecule has 0 saturated carbocycles. The summed E-state index contributed by atoms with van der Waals surface area (Å²) in [6, 6.07) is 15.6. The van der Waals surface area contributed by atoms with E-state index in [1.165, 1.54) is 0 Å². The standard InChI is InChI=1S/C23H27N3O3/c1-17(27)26-10-9-19-15-20(7-8-22(19)26)23(28)24-21(18-5-3-2-4-6-18)16-25-11-13-29-14-12-25/h2-8,15,21H,9-14,16H2,1H3,(H,24,28)/t21-/m1/s1. The van der Waals surface area contributed by atoms with Crippen molar-refractivity contribution < 1.29 is 14.3 Å². The summed E-state index contributed by atoms with van der Waals surface area (Å²) < 4.78 is 5.45. The summed E-state index contributed by atoms with van der Waals surface area (Å²) in [6.45, 7) is 6.21. The molecule has 1 N–H and O–H groups in total. The number of carbonyl (C=O) groups is 2. The first-order valence-corrected chi connectivity index (χ1v) is 10.2.